The van der Waals surface area contributed by atoms with Gasteiger partial charge in [0, 0.05) is 37.5 Å². The average molecular weight is 386 g/mol. The van der Waals surface area contributed by atoms with Crippen LogP contribution in [0.5, 0.6) is 0 Å². The third-order valence-corrected chi connectivity index (χ3v) is 6.17. The Morgan fingerprint density at radius 3 is 2.75 bits per heavy atom. The standard InChI is InChI=1S/C21H27FN4O2/c1-14-19(22)12-17(13-23-14)20-8-10-28-26(20)21(27)16-5-3-15(4-6-16)11-18-7-9-24-25(18)2/h7,9,12-13,15-16,20H,3-6,8,10-11H2,1-2H3/t15?,16?,20-/m0/s1. The zero-order valence-electron chi connectivity index (χ0n) is 16.5. The van der Waals surface area contributed by atoms with Gasteiger partial charge >= 0.3 is 0 Å². The second-order valence-corrected chi connectivity index (χ2v) is 8.01. The van der Waals surface area contributed by atoms with Crippen molar-refractivity contribution in [1.29, 1.82) is 0 Å². The van der Waals surface area contributed by atoms with Gasteiger partial charge in [0.25, 0.3) is 0 Å². The molecule has 3 heterocycles. The van der Waals surface area contributed by atoms with E-state index in [-0.39, 0.29) is 23.7 Å². The van der Waals surface area contributed by atoms with Gasteiger partial charge in [-0.15, -0.1) is 0 Å². The van der Waals surface area contributed by atoms with E-state index in [4.69, 9.17) is 4.84 Å². The number of amides is 1. The molecule has 1 saturated carbocycles. The van der Waals surface area contributed by atoms with Crippen LogP contribution < -0.4 is 0 Å². The number of hydroxylamine groups is 2. The quantitative estimate of drug-likeness (QED) is 0.807. The van der Waals surface area contributed by atoms with Gasteiger partial charge in [-0.3, -0.25) is 19.3 Å². The molecule has 0 bridgehead atoms. The highest BCUT2D eigenvalue weighted by atomic mass is 19.1. The SMILES string of the molecule is Cc1ncc([C@@H]2CCON2C(=O)C2CCC(Cc3ccnn3C)CC2)cc1F. The third-order valence-electron chi connectivity index (χ3n) is 6.17. The van der Waals surface area contributed by atoms with E-state index in [0.717, 1.165) is 32.1 Å². The van der Waals surface area contributed by atoms with Crippen LogP contribution in [0.4, 0.5) is 4.39 Å². The molecule has 1 amide bonds. The van der Waals surface area contributed by atoms with Gasteiger partial charge in [-0.2, -0.15) is 5.10 Å². The molecule has 0 radical (unpaired) electrons. The molecule has 0 spiro atoms. The Kier molecular flexibility index (Phi) is 5.44. The van der Waals surface area contributed by atoms with E-state index in [9.17, 15) is 9.18 Å². The second kappa shape index (κ2) is 7.99. The number of hydrogen-bond donors (Lipinski definition) is 0. The number of carbonyl (C=O) groups is 1. The van der Waals surface area contributed by atoms with Crippen LogP contribution in [0.3, 0.4) is 0 Å². The summed E-state index contributed by atoms with van der Waals surface area (Å²) in [7, 11) is 1.97. The van der Waals surface area contributed by atoms with Gasteiger partial charge in [-0.25, -0.2) is 9.45 Å². The summed E-state index contributed by atoms with van der Waals surface area (Å²) in [6.45, 7) is 2.11. The molecule has 1 aliphatic carbocycles. The van der Waals surface area contributed by atoms with Gasteiger partial charge in [0.2, 0.25) is 5.91 Å². The van der Waals surface area contributed by atoms with E-state index in [2.05, 4.69) is 16.1 Å². The lowest BCUT2D eigenvalue weighted by Gasteiger charge is -2.32. The molecule has 1 aliphatic heterocycles. The topological polar surface area (TPSA) is 60.2 Å². The molecule has 6 nitrogen and oxygen atoms in total. The van der Waals surface area contributed by atoms with Crippen LogP contribution in [0, 0.1) is 24.6 Å². The lowest BCUT2D eigenvalue weighted by molar-refractivity contribution is -0.183. The van der Waals surface area contributed by atoms with Crippen molar-refractivity contribution in [2.75, 3.05) is 6.61 Å². The maximum absolute atomic E-state index is 13.9. The summed E-state index contributed by atoms with van der Waals surface area (Å²) < 4.78 is 15.9. The number of carbonyl (C=O) groups excluding carboxylic acids is 1. The maximum Gasteiger partial charge on any atom is 0.249 e. The predicted molar refractivity (Wildman–Crippen MR) is 101 cm³/mol. The molecule has 0 N–H and O–H groups in total. The molecule has 2 aromatic rings. The summed E-state index contributed by atoms with van der Waals surface area (Å²) in [5, 5.41) is 5.72. The minimum Gasteiger partial charge on any atom is -0.273 e. The molecule has 150 valence electrons. The van der Waals surface area contributed by atoms with Crippen molar-refractivity contribution in [2.24, 2.45) is 18.9 Å². The molecule has 2 aliphatic rings. The highest BCUT2D eigenvalue weighted by Crippen LogP contribution is 2.37. The summed E-state index contributed by atoms with van der Waals surface area (Å²) in [6, 6.07) is 3.30. The fraction of sp³-hybridized carbons (Fsp3) is 0.571. The van der Waals surface area contributed by atoms with Gasteiger partial charge in [-0.05, 0) is 62.6 Å². The molecule has 0 aromatic carbocycles. The first kappa shape index (κ1) is 19.1. The maximum atomic E-state index is 13.9. The Balaban J connectivity index is 1.37. The van der Waals surface area contributed by atoms with Crippen LogP contribution in [0.25, 0.3) is 0 Å². The summed E-state index contributed by atoms with van der Waals surface area (Å²) in [6.07, 6.45) is 8.96. The Morgan fingerprint density at radius 1 is 1.29 bits per heavy atom. The number of halogens is 1. The molecule has 4 rings (SSSR count). The van der Waals surface area contributed by atoms with Crippen molar-refractivity contribution in [2.45, 2.75) is 51.5 Å². The van der Waals surface area contributed by atoms with Gasteiger partial charge in [0.15, 0.2) is 0 Å². The summed E-state index contributed by atoms with van der Waals surface area (Å²) >= 11 is 0. The highest BCUT2D eigenvalue weighted by molar-refractivity contribution is 5.78. The molecular weight excluding hydrogens is 359 g/mol. The Hall–Kier alpha value is -2.28. The van der Waals surface area contributed by atoms with Crippen LogP contribution in [-0.2, 0) is 23.1 Å². The largest absolute Gasteiger partial charge is 0.273 e. The number of rotatable bonds is 4. The van der Waals surface area contributed by atoms with Crippen molar-refractivity contribution < 1.29 is 14.0 Å². The number of pyridine rings is 1. The van der Waals surface area contributed by atoms with Gasteiger partial charge in [0.1, 0.15) is 5.82 Å². The molecule has 7 heteroatoms. The monoisotopic (exact) mass is 386 g/mol. The van der Waals surface area contributed by atoms with E-state index in [1.54, 1.807) is 13.1 Å². The molecule has 1 atom stereocenters. The fourth-order valence-electron chi connectivity index (χ4n) is 4.38. The van der Waals surface area contributed by atoms with Crippen LogP contribution >= 0.6 is 0 Å². The van der Waals surface area contributed by atoms with Crippen LogP contribution in [0.15, 0.2) is 24.5 Å². The van der Waals surface area contributed by atoms with Crippen LogP contribution in [0.1, 0.15) is 55.1 Å². The lowest BCUT2D eigenvalue weighted by Crippen LogP contribution is -2.37. The zero-order chi connectivity index (χ0) is 19.7. The molecular formula is C21H27FN4O2. The van der Waals surface area contributed by atoms with Crippen molar-refractivity contribution in [1.82, 2.24) is 19.8 Å². The summed E-state index contributed by atoms with van der Waals surface area (Å²) in [4.78, 5) is 22.8. The number of hydrogen-bond acceptors (Lipinski definition) is 4. The van der Waals surface area contributed by atoms with Gasteiger partial charge in [0.05, 0.1) is 18.3 Å². The third kappa shape index (κ3) is 3.81. The van der Waals surface area contributed by atoms with E-state index < -0.39 is 0 Å². The molecule has 28 heavy (non-hydrogen) atoms. The first-order valence-corrected chi connectivity index (χ1v) is 10.1. The lowest BCUT2D eigenvalue weighted by atomic mass is 9.79. The summed E-state index contributed by atoms with van der Waals surface area (Å²) in [5.41, 5.74) is 2.32. The summed E-state index contributed by atoms with van der Waals surface area (Å²) in [5.74, 6) is 0.256. The Morgan fingerprint density at radius 2 is 2.07 bits per heavy atom. The molecule has 2 fully saturated rings. The second-order valence-electron chi connectivity index (χ2n) is 8.01. The zero-order valence-corrected chi connectivity index (χ0v) is 16.5. The van der Waals surface area contributed by atoms with Crippen molar-refractivity contribution >= 4 is 5.91 Å². The van der Waals surface area contributed by atoms with Crippen molar-refractivity contribution in [3.8, 4) is 0 Å². The smallest absolute Gasteiger partial charge is 0.249 e. The molecule has 2 aromatic heterocycles. The van der Waals surface area contributed by atoms with Gasteiger partial charge in [-0.1, -0.05) is 0 Å². The molecule has 0 unspecified atom stereocenters. The highest BCUT2D eigenvalue weighted by Gasteiger charge is 2.37. The van der Waals surface area contributed by atoms with Crippen LogP contribution in [0.2, 0.25) is 0 Å². The van der Waals surface area contributed by atoms with E-state index >= 15 is 0 Å². The number of nitrogens with zero attached hydrogens (tertiary/aromatic N) is 4. The van der Waals surface area contributed by atoms with Crippen molar-refractivity contribution in [3.05, 3.63) is 47.3 Å². The molecule has 1 saturated heterocycles. The number of aromatic nitrogens is 3. The first-order chi connectivity index (χ1) is 13.5. The minimum atomic E-state index is -0.340. The van der Waals surface area contributed by atoms with Crippen LogP contribution in [-0.4, -0.2) is 32.3 Å². The van der Waals surface area contributed by atoms with E-state index in [1.165, 1.54) is 16.8 Å². The Bertz CT molecular complexity index is 845. The van der Waals surface area contributed by atoms with E-state index in [0.29, 0.717) is 30.2 Å². The van der Waals surface area contributed by atoms with Gasteiger partial charge < -0.3 is 0 Å². The number of aryl methyl sites for hydroxylation is 2. The minimum absolute atomic E-state index is 0.0216. The Labute approximate surface area is 164 Å². The predicted octanol–water partition coefficient (Wildman–Crippen LogP) is 3.52. The van der Waals surface area contributed by atoms with Crippen molar-refractivity contribution in [3.63, 3.8) is 0 Å². The fourth-order valence-corrected chi connectivity index (χ4v) is 4.38. The van der Waals surface area contributed by atoms with E-state index in [1.807, 2.05) is 17.9 Å². The average Bonchev–Trinajstić information content (AvgIpc) is 3.34. The normalized spacial score (nSPS) is 25.2. The first-order valence-electron chi connectivity index (χ1n) is 10.1.